The van der Waals surface area contributed by atoms with Crippen LogP contribution >= 0.6 is 11.6 Å². The van der Waals surface area contributed by atoms with Crippen molar-refractivity contribution in [1.82, 2.24) is 4.98 Å². The molecule has 0 fully saturated rings. The van der Waals surface area contributed by atoms with Gasteiger partial charge in [-0.25, -0.2) is 9.78 Å². The number of hydrogen-bond donors (Lipinski definition) is 0. The number of halogens is 1. The quantitative estimate of drug-likeness (QED) is 0.438. The van der Waals surface area contributed by atoms with E-state index < -0.39 is 5.97 Å². The first-order chi connectivity index (χ1) is 6.74. The molecule has 0 aliphatic rings. The molecule has 3 nitrogen and oxygen atoms in total. The van der Waals surface area contributed by atoms with E-state index in [9.17, 15) is 4.79 Å². The molecule has 0 N–H and O–H groups in total. The van der Waals surface area contributed by atoms with Gasteiger partial charge in [0.1, 0.15) is 11.8 Å². The summed E-state index contributed by atoms with van der Waals surface area (Å²) in [7, 11) is 0. The van der Waals surface area contributed by atoms with E-state index in [-0.39, 0.29) is 6.61 Å². The van der Waals surface area contributed by atoms with Crippen LogP contribution in [0.1, 0.15) is 17.3 Å². The van der Waals surface area contributed by atoms with Gasteiger partial charge >= 0.3 is 5.97 Å². The van der Waals surface area contributed by atoms with Crippen LogP contribution in [0.15, 0.2) is 30.5 Å². The van der Waals surface area contributed by atoms with E-state index in [1.165, 1.54) is 6.20 Å². The topological polar surface area (TPSA) is 39.2 Å². The molecule has 14 heavy (non-hydrogen) atoms. The number of rotatable bonds is 3. The fraction of sp³-hybridized carbons (Fsp3) is 0.200. The first-order valence-corrected chi connectivity index (χ1v) is 4.51. The molecular formula is C10H10ClNO2. The first-order valence-electron chi connectivity index (χ1n) is 4.14. The zero-order valence-corrected chi connectivity index (χ0v) is 8.49. The highest BCUT2D eigenvalue weighted by Gasteiger charge is 2.05. The van der Waals surface area contributed by atoms with E-state index in [1.807, 2.05) is 13.0 Å². The summed E-state index contributed by atoms with van der Waals surface area (Å²) < 4.78 is 4.90. The fourth-order valence-corrected chi connectivity index (χ4v) is 0.912. The Kier molecular flexibility index (Phi) is 4.13. The van der Waals surface area contributed by atoms with Crippen molar-refractivity contribution in [2.24, 2.45) is 0 Å². The lowest BCUT2D eigenvalue weighted by atomic mass is 10.3. The van der Waals surface area contributed by atoms with Gasteiger partial charge < -0.3 is 4.74 Å². The second kappa shape index (κ2) is 5.40. The molecule has 0 aromatic carbocycles. The van der Waals surface area contributed by atoms with Crippen molar-refractivity contribution in [3.8, 4) is 0 Å². The smallest absolute Gasteiger partial charge is 0.340 e. The standard InChI is InChI=1S/C10H10ClNO2/c1-2-3-6-14-10(13)8-4-5-9(11)12-7-8/h2-5,7H,6H2,1H3/b3-2+. The Morgan fingerprint density at radius 1 is 1.64 bits per heavy atom. The van der Waals surface area contributed by atoms with E-state index in [0.29, 0.717) is 10.7 Å². The Labute approximate surface area is 87.4 Å². The molecule has 0 amide bonds. The summed E-state index contributed by atoms with van der Waals surface area (Å²) in [6.45, 7) is 2.13. The Balaban J connectivity index is 2.56. The molecule has 0 aliphatic carbocycles. The molecule has 74 valence electrons. The Hall–Kier alpha value is -1.35. The van der Waals surface area contributed by atoms with E-state index in [1.54, 1.807) is 18.2 Å². The van der Waals surface area contributed by atoms with Crippen LogP contribution < -0.4 is 0 Å². The third-order valence-corrected chi connectivity index (χ3v) is 1.73. The largest absolute Gasteiger partial charge is 0.458 e. The lowest BCUT2D eigenvalue weighted by molar-refractivity contribution is 0.0549. The zero-order valence-electron chi connectivity index (χ0n) is 7.74. The van der Waals surface area contributed by atoms with Crippen LogP contribution in [0, 0.1) is 0 Å². The molecule has 1 rings (SSSR count). The van der Waals surface area contributed by atoms with Crippen molar-refractivity contribution in [2.75, 3.05) is 6.61 Å². The van der Waals surface area contributed by atoms with Gasteiger partial charge in [-0.05, 0) is 19.1 Å². The van der Waals surface area contributed by atoms with Crippen molar-refractivity contribution in [2.45, 2.75) is 6.92 Å². The molecule has 0 saturated carbocycles. The molecule has 0 radical (unpaired) electrons. The monoisotopic (exact) mass is 211 g/mol. The molecule has 0 aliphatic heterocycles. The van der Waals surface area contributed by atoms with E-state index in [2.05, 4.69) is 4.98 Å². The zero-order chi connectivity index (χ0) is 10.4. The van der Waals surface area contributed by atoms with Crippen LogP contribution in [0.2, 0.25) is 5.15 Å². The van der Waals surface area contributed by atoms with Crippen LogP contribution in [-0.4, -0.2) is 17.6 Å². The second-order valence-electron chi connectivity index (χ2n) is 2.54. The molecule has 0 atom stereocenters. The number of aromatic nitrogens is 1. The minimum atomic E-state index is -0.396. The van der Waals surface area contributed by atoms with Crippen LogP contribution in [0.4, 0.5) is 0 Å². The summed E-state index contributed by atoms with van der Waals surface area (Å²) in [5.41, 5.74) is 0.402. The van der Waals surface area contributed by atoms with E-state index in [4.69, 9.17) is 16.3 Å². The van der Waals surface area contributed by atoms with Gasteiger partial charge in [-0.2, -0.15) is 0 Å². The highest BCUT2D eigenvalue weighted by molar-refractivity contribution is 6.29. The van der Waals surface area contributed by atoms with Gasteiger partial charge in [0.15, 0.2) is 0 Å². The summed E-state index contributed by atoms with van der Waals surface area (Å²) in [5.74, 6) is -0.396. The van der Waals surface area contributed by atoms with Crippen molar-refractivity contribution in [3.05, 3.63) is 41.2 Å². The summed E-state index contributed by atoms with van der Waals surface area (Å²) >= 11 is 5.57. The van der Waals surface area contributed by atoms with Gasteiger partial charge in [-0.1, -0.05) is 23.8 Å². The summed E-state index contributed by atoms with van der Waals surface area (Å²) in [6, 6.07) is 3.13. The van der Waals surface area contributed by atoms with Gasteiger partial charge in [0.05, 0.1) is 5.56 Å². The highest BCUT2D eigenvalue weighted by atomic mass is 35.5. The van der Waals surface area contributed by atoms with Gasteiger partial charge in [0.2, 0.25) is 0 Å². The molecular weight excluding hydrogens is 202 g/mol. The Morgan fingerprint density at radius 2 is 2.43 bits per heavy atom. The predicted molar refractivity (Wildman–Crippen MR) is 54.3 cm³/mol. The van der Waals surface area contributed by atoms with Crippen LogP contribution in [0.5, 0.6) is 0 Å². The summed E-state index contributed by atoms with van der Waals surface area (Å²) in [4.78, 5) is 15.1. The number of hydrogen-bond acceptors (Lipinski definition) is 3. The number of pyridine rings is 1. The maximum Gasteiger partial charge on any atom is 0.340 e. The van der Waals surface area contributed by atoms with Gasteiger partial charge in [-0.15, -0.1) is 0 Å². The third kappa shape index (κ3) is 3.18. The SMILES string of the molecule is C/C=C/COC(=O)c1ccc(Cl)nc1. The number of allylic oxidation sites excluding steroid dienone is 1. The Morgan fingerprint density at radius 3 is 3.00 bits per heavy atom. The molecule has 0 spiro atoms. The number of esters is 1. The molecule has 1 aromatic rings. The molecule has 0 saturated heterocycles. The maximum absolute atomic E-state index is 11.3. The normalized spacial score (nSPS) is 10.4. The number of ether oxygens (including phenoxy) is 1. The lowest BCUT2D eigenvalue weighted by Gasteiger charge is -2.00. The van der Waals surface area contributed by atoms with Crippen molar-refractivity contribution in [1.29, 1.82) is 0 Å². The van der Waals surface area contributed by atoms with Gasteiger partial charge in [0.25, 0.3) is 0 Å². The van der Waals surface area contributed by atoms with Crippen LogP contribution in [0.3, 0.4) is 0 Å². The fourth-order valence-electron chi connectivity index (χ4n) is 0.800. The van der Waals surface area contributed by atoms with Crippen molar-refractivity contribution >= 4 is 17.6 Å². The van der Waals surface area contributed by atoms with Crippen LogP contribution in [-0.2, 0) is 4.74 Å². The molecule has 1 aromatic heterocycles. The van der Waals surface area contributed by atoms with Crippen LogP contribution in [0.25, 0.3) is 0 Å². The maximum atomic E-state index is 11.3. The number of carbonyl (C=O) groups is 1. The Bertz CT molecular complexity index is 332. The average molecular weight is 212 g/mol. The van der Waals surface area contributed by atoms with Gasteiger partial charge in [-0.3, -0.25) is 0 Å². The number of carbonyl (C=O) groups excluding carboxylic acids is 1. The first kappa shape index (κ1) is 10.7. The number of nitrogens with zero attached hydrogens (tertiary/aromatic N) is 1. The average Bonchev–Trinajstić information content (AvgIpc) is 2.19. The van der Waals surface area contributed by atoms with Crippen molar-refractivity contribution in [3.63, 3.8) is 0 Å². The predicted octanol–water partition coefficient (Wildman–Crippen LogP) is 2.47. The lowest BCUT2D eigenvalue weighted by Crippen LogP contribution is -2.05. The van der Waals surface area contributed by atoms with Gasteiger partial charge in [0, 0.05) is 6.20 Å². The molecule has 1 heterocycles. The highest BCUT2D eigenvalue weighted by Crippen LogP contribution is 2.06. The van der Waals surface area contributed by atoms with Crippen molar-refractivity contribution < 1.29 is 9.53 Å². The summed E-state index contributed by atoms with van der Waals surface area (Å²) in [6.07, 6.45) is 4.95. The molecule has 4 heteroatoms. The second-order valence-corrected chi connectivity index (χ2v) is 2.92. The minimum absolute atomic E-state index is 0.276. The van der Waals surface area contributed by atoms with E-state index in [0.717, 1.165) is 0 Å². The molecule has 0 bridgehead atoms. The summed E-state index contributed by atoms with van der Waals surface area (Å²) in [5, 5.41) is 0.356. The van der Waals surface area contributed by atoms with E-state index >= 15 is 0 Å². The molecule has 0 unspecified atom stereocenters. The third-order valence-electron chi connectivity index (χ3n) is 1.51. The minimum Gasteiger partial charge on any atom is -0.458 e.